The zero-order chi connectivity index (χ0) is 22.0. The molecule has 0 unspecified atom stereocenters. The molecule has 0 aromatic rings. The Labute approximate surface area is 176 Å². The van der Waals surface area contributed by atoms with Crippen molar-refractivity contribution in [3.05, 3.63) is 0 Å². The van der Waals surface area contributed by atoms with E-state index in [-0.39, 0.29) is 24.3 Å². The summed E-state index contributed by atoms with van der Waals surface area (Å²) in [6, 6.07) is 0. The van der Waals surface area contributed by atoms with Crippen LogP contribution in [0.1, 0.15) is 118 Å². The van der Waals surface area contributed by atoms with E-state index in [9.17, 15) is 10.5 Å². The average Bonchev–Trinajstić information content (AvgIpc) is 2.73. The van der Waals surface area contributed by atoms with Crippen molar-refractivity contribution in [3.63, 3.8) is 0 Å². The number of unbranched alkanes of at least 4 members (excludes halogenated alkanes) is 10. The van der Waals surface area contributed by atoms with Gasteiger partial charge >= 0.3 is 176 Å². The Balaban J connectivity index is 3.03. The first-order chi connectivity index (χ1) is 13.6. The van der Waals surface area contributed by atoms with Gasteiger partial charge in [-0.15, -0.1) is 0 Å². The van der Waals surface area contributed by atoms with Crippen LogP contribution in [0.3, 0.4) is 0 Å². The van der Waals surface area contributed by atoms with Gasteiger partial charge in [-0.05, 0) is 0 Å². The van der Waals surface area contributed by atoms with E-state index in [4.69, 9.17) is 6.94 Å². The van der Waals surface area contributed by atoms with E-state index in [1.165, 1.54) is 25.7 Å². The van der Waals surface area contributed by atoms with E-state index in [1.807, 2.05) is 0 Å². The van der Waals surface area contributed by atoms with Crippen molar-refractivity contribution in [2.24, 2.45) is 5.41 Å². The summed E-state index contributed by atoms with van der Waals surface area (Å²) in [4.78, 5) is 0. The maximum atomic E-state index is 15.2. The molecule has 0 atom stereocenters. The van der Waals surface area contributed by atoms with Crippen LogP contribution in [0.15, 0.2) is 0 Å². The number of hydrogen-bond acceptors (Lipinski definition) is 5. The van der Waals surface area contributed by atoms with E-state index >= 15 is 3.32 Å². The molecule has 176 valence electrons. The molecule has 1 fully saturated rings. The van der Waals surface area contributed by atoms with Crippen LogP contribution in [-0.2, 0) is 23.7 Å². The molecule has 0 aliphatic carbocycles. The molecule has 1 aliphatic rings. The molecule has 1 aliphatic heterocycles. The van der Waals surface area contributed by atoms with Crippen LogP contribution < -0.4 is 0 Å². The Morgan fingerprint density at radius 2 is 1.00 bits per heavy atom. The number of hydrogen-bond donors (Lipinski definition) is 2. The van der Waals surface area contributed by atoms with E-state index < -0.39 is 13.5 Å². The number of rotatable bonds is 18. The Kier molecular flexibility index (Phi) is 8.94. The van der Waals surface area contributed by atoms with Crippen molar-refractivity contribution in [2.45, 2.75) is 136 Å². The summed E-state index contributed by atoms with van der Waals surface area (Å²) < 4.78 is 26.1. The standard InChI is InChI=1S/2C8H17.C7H14.2H2O2.O.Ti/c2*1-3-5-7-8-6-4-2;1-5-7(3,4)6-2;2*1-2;;/h2*1,3-8H2,2H3;3-6H2,1-2H3;2*1-2H;;/q;;;;;;+2/p-2. The summed E-state index contributed by atoms with van der Waals surface area (Å²) in [5.41, 5.74) is -0.187. The molecule has 0 aromatic heterocycles. The van der Waals surface area contributed by atoms with E-state index in [0.717, 1.165) is 51.4 Å². The topological polar surface area (TPSA) is 76.0 Å². The molecule has 6 heteroatoms. The summed E-state index contributed by atoms with van der Waals surface area (Å²) in [6.45, 7) is 8.54. The molecule has 5 nitrogen and oxygen atoms in total. The second-order valence-electron chi connectivity index (χ2n) is 11.3. The van der Waals surface area contributed by atoms with E-state index in [2.05, 4.69) is 27.7 Å². The quantitative estimate of drug-likeness (QED) is 0.0934. The third kappa shape index (κ3) is 5.41. The van der Waals surface area contributed by atoms with E-state index in [1.54, 1.807) is 0 Å². The van der Waals surface area contributed by atoms with Crippen LogP contribution in [-0.4, -0.2) is 10.5 Å². The van der Waals surface area contributed by atoms with Gasteiger partial charge in [0.05, 0.1) is 0 Å². The molecule has 1 saturated heterocycles. The molecule has 0 radical (unpaired) electrons. The molecule has 0 bridgehead atoms. The molecule has 0 amide bonds. The van der Waals surface area contributed by atoms with Crippen molar-refractivity contribution in [1.82, 2.24) is 0 Å². The molecular weight excluding hydrogens is 404 g/mol. The van der Waals surface area contributed by atoms with Gasteiger partial charge in [0.1, 0.15) is 0 Å². The van der Waals surface area contributed by atoms with Crippen molar-refractivity contribution in [1.29, 1.82) is 0 Å². The SMILES string of the molecule is CCCCCCC[CH2][Ti]1(=[O])([CH2]CCCCCCC)([O]O)([O]O)[CH2]C(CC)(CC)[CH2]1. The van der Waals surface area contributed by atoms with Crippen LogP contribution >= 0.6 is 0 Å². The molecule has 2 N–H and O–H groups in total. The maximum absolute atomic E-state index is 15.2. The zero-order valence-corrected chi connectivity index (χ0v) is 21.4. The minimum absolute atomic E-state index is 0.161. The van der Waals surface area contributed by atoms with Gasteiger partial charge in [0.15, 0.2) is 0 Å². The third-order valence-corrected chi connectivity index (χ3v) is 23.3. The summed E-state index contributed by atoms with van der Waals surface area (Å²) >= 11 is -6.60. The second kappa shape index (κ2) is 9.46. The molecule has 0 saturated carbocycles. The van der Waals surface area contributed by atoms with Gasteiger partial charge < -0.3 is 0 Å². The summed E-state index contributed by atoms with van der Waals surface area (Å²) in [7, 11) is 0. The Morgan fingerprint density at radius 3 is 1.31 bits per heavy atom. The van der Waals surface area contributed by atoms with Gasteiger partial charge in [0.25, 0.3) is 0 Å². The second-order valence-corrected chi connectivity index (χ2v) is 25.4. The van der Waals surface area contributed by atoms with Gasteiger partial charge in [0.2, 0.25) is 0 Å². The van der Waals surface area contributed by atoms with Crippen LogP contribution in [0.4, 0.5) is 0 Å². The normalized spacial score (nSPS) is 26.6. The van der Waals surface area contributed by atoms with Crippen LogP contribution in [0, 0.1) is 5.41 Å². The van der Waals surface area contributed by atoms with Crippen molar-refractivity contribution >= 4 is 0 Å². The first kappa shape index (κ1) is 27.4. The monoisotopic (exact) mass is 454 g/mol. The fraction of sp³-hybridized carbons (Fsp3) is 1.00. The molecule has 1 heterocycles. The van der Waals surface area contributed by atoms with Crippen LogP contribution in [0.2, 0.25) is 18.9 Å². The molecular formula is C23H50O5Ti. The van der Waals surface area contributed by atoms with Gasteiger partial charge in [-0.2, -0.15) is 0 Å². The summed E-state index contributed by atoms with van der Waals surface area (Å²) in [6.07, 6.45) is 14.1. The molecule has 0 spiro atoms. The Bertz CT molecular complexity index is 571. The zero-order valence-electron chi connectivity index (χ0n) is 19.8. The Hall–Kier alpha value is 0.354. The predicted molar refractivity (Wildman–Crippen MR) is 117 cm³/mol. The fourth-order valence-electron chi connectivity index (χ4n) is 7.01. The van der Waals surface area contributed by atoms with Crippen LogP contribution in [0.25, 0.3) is 0 Å². The first-order valence-electron chi connectivity index (χ1n) is 12.6. The predicted octanol–water partition coefficient (Wildman–Crippen LogP) is 9.12. The average molecular weight is 455 g/mol. The van der Waals surface area contributed by atoms with Crippen LogP contribution in [0.5, 0.6) is 0 Å². The molecule has 29 heavy (non-hydrogen) atoms. The minimum atomic E-state index is -6.60. The van der Waals surface area contributed by atoms with E-state index in [0.29, 0.717) is 12.8 Å². The molecule has 1 rings (SSSR count). The van der Waals surface area contributed by atoms with Crippen molar-refractivity contribution < 1.29 is 34.3 Å². The van der Waals surface area contributed by atoms with Gasteiger partial charge in [-0.25, -0.2) is 0 Å². The molecule has 0 aromatic carbocycles. The van der Waals surface area contributed by atoms with Gasteiger partial charge in [0, 0.05) is 0 Å². The fourth-order valence-corrected chi connectivity index (χ4v) is 23.2. The Morgan fingerprint density at radius 1 is 0.655 bits per heavy atom. The third-order valence-electron chi connectivity index (χ3n) is 8.83. The summed E-state index contributed by atoms with van der Waals surface area (Å²) in [5, 5.41) is 20.6. The van der Waals surface area contributed by atoms with Gasteiger partial charge in [-0.1, -0.05) is 0 Å². The first-order valence-corrected chi connectivity index (χ1v) is 19.0. The van der Waals surface area contributed by atoms with Crippen molar-refractivity contribution in [2.75, 3.05) is 0 Å². The summed E-state index contributed by atoms with van der Waals surface area (Å²) in [5.74, 6) is 0. The van der Waals surface area contributed by atoms with Crippen molar-refractivity contribution in [3.8, 4) is 0 Å². The van der Waals surface area contributed by atoms with Gasteiger partial charge in [-0.3, -0.25) is 0 Å².